The molecule has 2 heterocycles. The first-order chi connectivity index (χ1) is 9.65. The van der Waals surface area contributed by atoms with Gasteiger partial charge in [0.2, 0.25) is 11.8 Å². The van der Waals surface area contributed by atoms with Crippen LogP contribution in [0.4, 0.5) is 0 Å². The minimum absolute atomic E-state index is 0.0101. The summed E-state index contributed by atoms with van der Waals surface area (Å²) in [6.07, 6.45) is 0. The Bertz CT molecular complexity index is 631. The lowest BCUT2D eigenvalue weighted by molar-refractivity contribution is -0.136. The maximum absolute atomic E-state index is 12.4. The molecule has 106 valence electrons. The van der Waals surface area contributed by atoms with E-state index in [1.165, 1.54) is 12.1 Å². The standard InChI is InChI=1S/C14H16N2O4/c1-9(14(18)16-4-6-19-7-5-16)13-15-11-8-10(17)2-3-12(11)20-13/h2-3,8-9,17H,4-7H2,1H3. The van der Waals surface area contributed by atoms with E-state index in [1.807, 2.05) is 0 Å². The summed E-state index contributed by atoms with van der Waals surface area (Å²) < 4.78 is 10.8. The first-order valence-electron chi connectivity index (χ1n) is 6.61. The van der Waals surface area contributed by atoms with E-state index in [0.29, 0.717) is 43.3 Å². The Kier molecular flexibility index (Phi) is 3.31. The molecule has 1 aromatic carbocycles. The molecule has 0 aliphatic carbocycles. The Balaban J connectivity index is 1.83. The highest BCUT2D eigenvalue weighted by Gasteiger charge is 2.27. The fourth-order valence-electron chi connectivity index (χ4n) is 2.28. The number of aromatic hydroxyl groups is 1. The summed E-state index contributed by atoms with van der Waals surface area (Å²) >= 11 is 0. The number of hydrogen-bond donors (Lipinski definition) is 1. The minimum atomic E-state index is -0.442. The zero-order valence-corrected chi connectivity index (χ0v) is 11.2. The van der Waals surface area contributed by atoms with Crippen molar-refractivity contribution >= 4 is 17.0 Å². The predicted molar refractivity (Wildman–Crippen MR) is 71.5 cm³/mol. The third-order valence-electron chi connectivity index (χ3n) is 3.45. The third-order valence-corrected chi connectivity index (χ3v) is 3.45. The Morgan fingerprint density at radius 2 is 2.15 bits per heavy atom. The van der Waals surface area contributed by atoms with Crippen LogP contribution in [0.5, 0.6) is 5.75 Å². The number of phenols is 1. The molecule has 1 saturated heterocycles. The van der Waals surface area contributed by atoms with Crippen molar-refractivity contribution in [3.05, 3.63) is 24.1 Å². The minimum Gasteiger partial charge on any atom is -0.508 e. The summed E-state index contributed by atoms with van der Waals surface area (Å²) in [5, 5.41) is 9.42. The number of fused-ring (bicyclic) bond motifs is 1. The van der Waals surface area contributed by atoms with Gasteiger partial charge in [-0.1, -0.05) is 0 Å². The number of morpholine rings is 1. The van der Waals surface area contributed by atoms with Crippen molar-refractivity contribution in [1.29, 1.82) is 0 Å². The largest absolute Gasteiger partial charge is 0.508 e. The predicted octanol–water partition coefficient (Wildman–Crippen LogP) is 1.50. The first kappa shape index (κ1) is 12.9. The van der Waals surface area contributed by atoms with Crippen LogP contribution in [0.25, 0.3) is 11.1 Å². The molecule has 1 amide bonds. The van der Waals surface area contributed by atoms with Crippen LogP contribution in [0.2, 0.25) is 0 Å². The zero-order chi connectivity index (χ0) is 14.1. The van der Waals surface area contributed by atoms with E-state index >= 15 is 0 Å². The highest BCUT2D eigenvalue weighted by Crippen LogP contribution is 2.25. The van der Waals surface area contributed by atoms with Gasteiger partial charge >= 0.3 is 0 Å². The van der Waals surface area contributed by atoms with Crippen molar-refractivity contribution < 1.29 is 19.1 Å². The van der Waals surface area contributed by atoms with Crippen molar-refractivity contribution in [2.24, 2.45) is 0 Å². The maximum Gasteiger partial charge on any atom is 0.234 e. The molecule has 1 aliphatic rings. The van der Waals surface area contributed by atoms with Gasteiger partial charge in [-0.05, 0) is 19.1 Å². The van der Waals surface area contributed by atoms with Gasteiger partial charge < -0.3 is 19.2 Å². The molecule has 3 rings (SSSR count). The first-order valence-corrected chi connectivity index (χ1v) is 6.61. The molecule has 1 unspecified atom stereocenters. The van der Waals surface area contributed by atoms with E-state index in [0.717, 1.165) is 0 Å². The second-order valence-corrected chi connectivity index (χ2v) is 4.86. The number of rotatable bonds is 2. The number of oxazole rings is 1. The number of aromatic nitrogens is 1. The molecular weight excluding hydrogens is 260 g/mol. The Morgan fingerprint density at radius 1 is 1.40 bits per heavy atom. The van der Waals surface area contributed by atoms with Crippen molar-refractivity contribution in [1.82, 2.24) is 9.88 Å². The van der Waals surface area contributed by atoms with Crippen LogP contribution < -0.4 is 0 Å². The molecule has 1 N–H and O–H groups in total. The van der Waals surface area contributed by atoms with E-state index in [-0.39, 0.29) is 11.7 Å². The Labute approximate surface area is 116 Å². The lowest BCUT2D eigenvalue weighted by Gasteiger charge is -2.28. The molecule has 6 nitrogen and oxygen atoms in total. The monoisotopic (exact) mass is 276 g/mol. The van der Waals surface area contributed by atoms with Crippen LogP contribution in [0.3, 0.4) is 0 Å². The molecule has 1 atom stereocenters. The summed E-state index contributed by atoms with van der Waals surface area (Å²) in [4.78, 5) is 18.4. The van der Waals surface area contributed by atoms with Crippen LogP contribution >= 0.6 is 0 Å². The highest BCUT2D eigenvalue weighted by atomic mass is 16.5. The molecule has 20 heavy (non-hydrogen) atoms. The second kappa shape index (κ2) is 5.13. The summed E-state index contributed by atoms with van der Waals surface area (Å²) in [5.74, 6) is 0.0540. The molecule has 1 aromatic heterocycles. The van der Waals surface area contributed by atoms with Gasteiger partial charge in [0.25, 0.3) is 0 Å². The van der Waals surface area contributed by atoms with E-state index < -0.39 is 5.92 Å². The van der Waals surface area contributed by atoms with Gasteiger partial charge in [-0.25, -0.2) is 4.98 Å². The third kappa shape index (κ3) is 2.34. The van der Waals surface area contributed by atoms with Crippen LogP contribution in [0, 0.1) is 0 Å². The van der Waals surface area contributed by atoms with Crippen molar-refractivity contribution in [2.75, 3.05) is 26.3 Å². The normalized spacial score (nSPS) is 17.4. The van der Waals surface area contributed by atoms with Gasteiger partial charge in [0.05, 0.1) is 13.2 Å². The number of ether oxygens (including phenoxy) is 1. The summed E-state index contributed by atoms with van der Waals surface area (Å²) in [6.45, 7) is 4.12. The molecular formula is C14H16N2O4. The molecule has 2 aromatic rings. The average Bonchev–Trinajstić information content (AvgIpc) is 2.89. The number of amides is 1. The van der Waals surface area contributed by atoms with E-state index in [9.17, 15) is 9.90 Å². The summed E-state index contributed by atoms with van der Waals surface area (Å²) in [6, 6.07) is 4.70. The van der Waals surface area contributed by atoms with E-state index in [2.05, 4.69) is 4.98 Å². The molecule has 1 fully saturated rings. The molecule has 1 aliphatic heterocycles. The van der Waals surface area contributed by atoms with Crippen molar-refractivity contribution in [3.63, 3.8) is 0 Å². The molecule has 0 bridgehead atoms. The SMILES string of the molecule is CC(C(=O)N1CCOCC1)c1nc2cc(O)ccc2o1. The number of carbonyl (C=O) groups excluding carboxylic acids is 1. The topological polar surface area (TPSA) is 75.8 Å². The van der Waals surface area contributed by atoms with Crippen molar-refractivity contribution in [3.8, 4) is 5.75 Å². The van der Waals surface area contributed by atoms with Gasteiger partial charge in [0.15, 0.2) is 5.58 Å². The van der Waals surface area contributed by atoms with Crippen LogP contribution in [-0.2, 0) is 9.53 Å². The average molecular weight is 276 g/mol. The van der Waals surface area contributed by atoms with Gasteiger partial charge in [-0.3, -0.25) is 4.79 Å². The van der Waals surface area contributed by atoms with E-state index in [4.69, 9.17) is 9.15 Å². The number of carbonyl (C=O) groups is 1. The molecule has 0 radical (unpaired) electrons. The van der Waals surface area contributed by atoms with Gasteiger partial charge in [0.1, 0.15) is 17.2 Å². The smallest absolute Gasteiger partial charge is 0.234 e. The quantitative estimate of drug-likeness (QED) is 0.899. The zero-order valence-electron chi connectivity index (χ0n) is 11.2. The molecule has 6 heteroatoms. The lowest BCUT2D eigenvalue weighted by Crippen LogP contribution is -2.42. The van der Waals surface area contributed by atoms with Gasteiger partial charge in [-0.2, -0.15) is 0 Å². The summed E-state index contributed by atoms with van der Waals surface area (Å²) in [7, 11) is 0. The van der Waals surface area contributed by atoms with Crippen LogP contribution in [-0.4, -0.2) is 47.2 Å². The molecule has 0 spiro atoms. The number of phenolic OH excluding ortho intramolecular Hbond substituents is 1. The van der Waals surface area contributed by atoms with Gasteiger partial charge in [-0.15, -0.1) is 0 Å². The Hall–Kier alpha value is -2.08. The van der Waals surface area contributed by atoms with Crippen molar-refractivity contribution in [2.45, 2.75) is 12.8 Å². The maximum atomic E-state index is 12.4. The molecule has 0 saturated carbocycles. The van der Waals surface area contributed by atoms with Crippen LogP contribution in [0.1, 0.15) is 18.7 Å². The number of hydrogen-bond acceptors (Lipinski definition) is 5. The number of nitrogens with zero attached hydrogens (tertiary/aromatic N) is 2. The van der Waals surface area contributed by atoms with Gasteiger partial charge in [0, 0.05) is 19.2 Å². The fourth-order valence-corrected chi connectivity index (χ4v) is 2.28. The Morgan fingerprint density at radius 3 is 2.90 bits per heavy atom. The van der Waals surface area contributed by atoms with E-state index in [1.54, 1.807) is 17.9 Å². The highest BCUT2D eigenvalue weighted by molar-refractivity contribution is 5.83. The summed E-state index contributed by atoms with van der Waals surface area (Å²) in [5.41, 5.74) is 1.13. The fraction of sp³-hybridized carbons (Fsp3) is 0.429. The van der Waals surface area contributed by atoms with Crippen LogP contribution in [0.15, 0.2) is 22.6 Å². The number of benzene rings is 1. The second-order valence-electron chi connectivity index (χ2n) is 4.86. The lowest BCUT2D eigenvalue weighted by atomic mass is 10.1.